The Morgan fingerprint density at radius 2 is 2.05 bits per heavy atom. The Balaban J connectivity index is 2.04. The van der Waals surface area contributed by atoms with Crippen molar-refractivity contribution >= 4 is 27.5 Å². The standard InChI is InChI=1S/C16H16BrClFNO/c1-10(11-4-6-16(21-2)14(17)7-11)20-9-12-3-5-13(18)8-15(12)19/h3-8,10,20H,9H2,1-2H3. The predicted molar refractivity (Wildman–Crippen MR) is 87.4 cm³/mol. The summed E-state index contributed by atoms with van der Waals surface area (Å²) in [5.41, 5.74) is 1.69. The molecule has 1 N–H and O–H groups in total. The van der Waals surface area contributed by atoms with E-state index in [9.17, 15) is 4.39 Å². The minimum atomic E-state index is -0.293. The molecule has 0 heterocycles. The third-order valence-electron chi connectivity index (χ3n) is 3.29. The highest BCUT2D eigenvalue weighted by molar-refractivity contribution is 9.10. The molecule has 0 radical (unpaired) electrons. The molecule has 0 aliphatic heterocycles. The molecule has 0 aromatic heterocycles. The van der Waals surface area contributed by atoms with Gasteiger partial charge in [-0.15, -0.1) is 0 Å². The first-order chi connectivity index (χ1) is 10.0. The zero-order chi connectivity index (χ0) is 15.4. The molecule has 0 saturated carbocycles. The van der Waals surface area contributed by atoms with E-state index < -0.39 is 0 Å². The molecule has 0 amide bonds. The summed E-state index contributed by atoms with van der Waals surface area (Å²) in [7, 11) is 1.63. The lowest BCUT2D eigenvalue weighted by molar-refractivity contribution is 0.411. The van der Waals surface area contributed by atoms with Crippen LogP contribution in [0, 0.1) is 5.82 Å². The average Bonchev–Trinajstić information content (AvgIpc) is 2.46. The van der Waals surface area contributed by atoms with Crippen molar-refractivity contribution in [1.29, 1.82) is 0 Å². The van der Waals surface area contributed by atoms with Crippen molar-refractivity contribution in [2.75, 3.05) is 7.11 Å². The van der Waals surface area contributed by atoms with E-state index in [4.69, 9.17) is 16.3 Å². The van der Waals surface area contributed by atoms with E-state index in [-0.39, 0.29) is 11.9 Å². The Labute approximate surface area is 137 Å². The lowest BCUT2D eigenvalue weighted by atomic mass is 10.1. The molecule has 0 bridgehead atoms. The molecule has 0 spiro atoms. The highest BCUT2D eigenvalue weighted by atomic mass is 79.9. The Bertz CT molecular complexity index is 636. The van der Waals surface area contributed by atoms with E-state index in [1.165, 1.54) is 6.07 Å². The zero-order valence-electron chi connectivity index (χ0n) is 11.8. The highest BCUT2D eigenvalue weighted by Gasteiger charge is 2.09. The van der Waals surface area contributed by atoms with Crippen molar-refractivity contribution in [3.63, 3.8) is 0 Å². The molecule has 0 aliphatic carbocycles. The highest BCUT2D eigenvalue weighted by Crippen LogP contribution is 2.28. The predicted octanol–water partition coefficient (Wildman–Crippen LogP) is 5.10. The van der Waals surface area contributed by atoms with Crippen LogP contribution in [0.3, 0.4) is 0 Å². The van der Waals surface area contributed by atoms with E-state index in [0.717, 1.165) is 15.8 Å². The van der Waals surface area contributed by atoms with Crippen LogP contribution in [-0.4, -0.2) is 7.11 Å². The van der Waals surface area contributed by atoms with Crippen LogP contribution in [0.1, 0.15) is 24.1 Å². The molecule has 0 aliphatic rings. The average molecular weight is 373 g/mol. The van der Waals surface area contributed by atoms with E-state index in [0.29, 0.717) is 17.1 Å². The monoisotopic (exact) mass is 371 g/mol. The van der Waals surface area contributed by atoms with Crippen LogP contribution < -0.4 is 10.1 Å². The molecule has 21 heavy (non-hydrogen) atoms. The fourth-order valence-electron chi connectivity index (χ4n) is 2.00. The van der Waals surface area contributed by atoms with Gasteiger partial charge < -0.3 is 10.1 Å². The summed E-state index contributed by atoms with van der Waals surface area (Å²) in [5, 5.41) is 3.70. The van der Waals surface area contributed by atoms with Gasteiger partial charge in [-0.1, -0.05) is 23.7 Å². The summed E-state index contributed by atoms with van der Waals surface area (Å²) in [5.74, 6) is 0.493. The van der Waals surface area contributed by atoms with E-state index >= 15 is 0 Å². The summed E-state index contributed by atoms with van der Waals surface area (Å²) in [6.07, 6.45) is 0. The number of ether oxygens (including phenoxy) is 1. The normalized spacial score (nSPS) is 12.2. The van der Waals surface area contributed by atoms with Crippen molar-refractivity contribution in [1.82, 2.24) is 5.32 Å². The first kappa shape index (κ1) is 16.3. The van der Waals surface area contributed by atoms with Crippen LogP contribution in [0.5, 0.6) is 5.75 Å². The van der Waals surface area contributed by atoms with E-state index in [1.54, 1.807) is 19.2 Å². The van der Waals surface area contributed by atoms with Gasteiger partial charge in [-0.25, -0.2) is 4.39 Å². The Hall–Kier alpha value is -1.10. The maximum atomic E-state index is 13.7. The second-order valence-electron chi connectivity index (χ2n) is 4.73. The number of nitrogens with one attached hydrogen (secondary N) is 1. The maximum absolute atomic E-state index is 13.7. The van der Waals surface area contributed by atoms with Crippen LogP contribution in [-0.2, 0) is 6.54 Å². The molecule has 2 nitrogen and oxygen atoms in total. The molecule has 0 saturated heterocycles. The third kappa shape index (κ3) is 4.19. The van der Waals surface area contributed by atoms with Crippen LogP contribution >= 0.6 is 27.5 Å². The molecule has 1 unspecified atom stereocenters. The summed E-state index contributed by atoms with van der Waals surface area (Å²) >= 11 is 9.21. The summed E-state index contributed by atoms with van der Waals surface area (Å²) in [4.78, 5) is 0. The van der Waals surface area contributed by atoms with Crippen LogP contribution in [0.4, 0.5) is 4.39 Å². The topological polar surface area (TPSA) is 21.3 Å². The molecule has 2 aromatic rings. The summed E-state index contributed by atoms with van der Waals surface area (Å²) in [6, 6.07) is 10.7. The van der Waals surface area contributed by atoms with Crippen molar-refractivity contribution in [3.8, 4) is 5.75 Å². The molecule has 1 atom stereocenters. The molecule has 112 valence electrons. The van der Waals surface area contributed by atoms with E-state index in [2.05, 4.69) is 21.2 Å². The van der Waals surface area contributed by atoms with Gasteiger partial charge >= 0.3 is 0 Å². The lowest BCUT2D eigenvalue weighted by Crippen LogP contribution is -2.18. The van der Waals surface area contributed by atoms with Crippen LogP contribution in [0.2, 0.25) is 5.02 Å². The minimum Gasteiger partial charge on any atom is -0.496 e. The molecule has 2 aromatic carbocycles. The number of halogens is 3. The largest absolute Gasteiger partial charge is 0.496 e. The first-order valence-corrected chi connectivity index (χ1v) is 7.69. The maximum Gasteiger partial charge on any atom is 0.133 e. The lowest BCUT2D eigenvalue weighted by Gasteiger charge is -2.16. The summed E-state index contributed by atoms with van der Waals surface area (Å²) < 4.78 is 19.8. The van der Waals surface area contributed by atoms with Crippen molar-refractivity contribution in [2.45, 2.75) is 19.5 Å². The number of benzene rings is 2. The van der Waals surface area contributed by atoms with Gasteiger partial charge in [-0.05, 0) is 52.7 Å². The van der Waals surface area contributed by atoms with Gasteiger partial charge in [0.05, 0.1) is 11.6 Å². The number of rotatable bonds is 5. The molecular weight excluding hydrogens is 357 g/mol. The van der Waals surface area contributed by atoms with Crippen molar-refractivity contribution < 1.29 is 9.13 Å². The van der Waals surface area contributed by atoms with Crippen molar-refractivity contribution in [2.24, 2.45) is 0 Å². The first-order valence-electron chi connectivity index (χ1n) is 6.52. The summed E-state index contributed by atoms with van der Waals surface area (Å²) in [6.45, 7) is 2.47. The van der Waals surface area contributed by atoms with Gasteiger partial charge in [-0.2, -0.15) is 0 Å². The van der Waals surface area contributed by atoms with Crippen LogP contribution in [0.15, 0.2) is 40.9 Å². The van der Waals surface area contributed by atoms with Gasteiger partial charge in [0.2, 0.25) is 0 Å². The second-order valence-corrected chi connectivity index (χ2v) is 6.02. The SMILES string of the molecule is COc1ccc(C(C)NCc2ccc(Cl)cc2F)cc1Br. The van der Waals surface area contributed by atoms with Crippen molar-refractivity contribution in [3.05, 3.63) is 62.8 Å². The molecular formula is C16H16BrClFNO. The second kappa shape index (κ2) is 7.25. The smallest absolute Gasteiger partial charge is 0.133 e. The fraction of sp³-hybridized carbons (Fsp3) is 0.250. The van der Waals surface area contributed by atoms with Gasteiger partial charge in [-0.3, -0.25) is 0 Å². The third-order valence-corrected chi connectivity index (χ3v) is 4.14. The number of hydrogen-bond donors (Lipinski definition) is 1. The fourth-order valence-corrected chi connectivity index (χ4v) is 2.72. The number of methoxy groups -OCH3 is 1. The minimum absolute atomic E-state index is 0.0854. The Morgan fingerprint density at radius 3 is 2.67 bits per heavy atom. The van der Waals surface area contributed by atoms with E-state index in [1.807, 2.05) is 25.1 Å². The zero-order valence-corrected chi connectivity index (χ0v) is 14.1. The van der Waals surface area contributed by atoms with Crippen LogP contribution in [0.25, 0.3) is 0 Å². The van der Waals surface area contributed by atoms with Gasteiger partial charge in [0, 0.05) is 23.2 Å². The Kier molecular flexibility index (Phi) is 5.62. The number of hydrogen-bond acceptors (Lipinski definition) is 2. The molecule has 0 fully saturated rings. The van der Waals surface area contributed by atoms with Gasteiger partial charge in [0.15, 0.2) is 0 Å². The molecule has 5 heteroatoms. The Morgan fingerprint density at radius 1 is 1.29 bits per heavy atom. The quantitative estimate of drug-likeness (QED) is 0.788. The molecule has 2 rings (SSSR count). The van der Waals surface area contributed by atoms with Gasteiger partial charge in [0.25, 0.3) is 0 Å². The van der Waals surface area contributed by atoms with Gasteiger partial charge in [0.1, 0.15) is 11.6 Å².